The topological polar surface area (TPSA) is 125 Å². The van der Waals surface area contributed by atoms with Crippen molar-refractivity contribution < 1.29 is 27.5 Å². The van der Waals surface area contributed by atoms with Crippen molar-refractivity contribution in [2.75, 3.05) is 40.0 Å². The molecule has 176 valence electrons. The smallest absolute Gasteiger partial charge is 0.261 e. The molecule has 1 atom stereocenters. The molecule has 3 aromatic rings. The van der Waals surface area contributed by atoms with E-state index >= 15 is 0 Å². The fraction of sp³-hybridized carbons (Fsp3) is 0.381. The summed E-state index contributed by atoms with van der Waals surface area (Å²) in [5.74, 6) is 0.289. The molecule has 1 aliphatic heterocycles. The molecule has 1 aromatic heterocycles. The second-order valence-corrected chi connectivity index (χ2v) is 9.37. The molecule has 1 unspecified atom stereocenters. The maximum atomic E-state index is 12.9. The molecule has 2 heterocycles. The Bertz CT molecular complexity index is 1240. The summed E-state index contributed by atoms with van der Waals surface area (Å²) in [4.78, 5) is 19.1. The predicted molar refractivity (Wildman–Crippen MR) is 118 cm³/mol. The fourth-order valence-electron chi connectivity index (χ4n) is 3.57. The van der Waals surface area contributed by atoms with Gasteiger partial charge in [0.2, 0.25) is 10.0 Å². The van der Waals surface area contributed by atoms with Crippen LogP contribution in [-0.4, -0.2) is 73.8 Å². The molecule has 0 aliphatic carbocycles. The van der Waals surface area contributed by atoms with Gasteiger partial charge in [-0.3, -0.25) is 4.79 Å². The van der Waals surface area contributed by atoms with Crippen LogP contribution in [0.3, 0.4) is 0 Å². The quantitative estimate of drug-likeness (QED) is 0.506. The van der Waals surface area contributed by atoms with Crippen LogP contribution in [0.15, 0.2) is 47.4 Å². The number of amides is 1. The molecule has 0 saturated carbocycles. The van der Waals surface area contributed by atoms with E-state index in [1.54, 1.807) is 13.2 Å². The van der Waals surface area contributed by atoms with Crippen LogP contribution in [0.2, 0.25) is 0 Å². The van der Waals surface area contributed by atoms with Crippen LogP contribution in [0.1, 0.15) is 18.5 Å². The summed E-state index contributed by atoms with van der Waals surface area (Å²) in [6.45, 7) is 2.79. The fourth-order valence-corrected chi connectivity index (χ4v) is 5.00. The summed E-state index contributed by atoms with van der Waals surface area (Å²) in [6.07, 6.45) is 0. The van der Waals surface area contributed by atoms with Crippen molar-refractivity contribution in [1.29, 1.82) is 0 Å². The van der Waals surface area contributed by atoms with Crippen molar-refractivity contribution in [1.82, 2.24) is 24.8 Å². The van der Waals surface area contributed by atoms with Gasteiger partial charge in [0.05, 0.1) is 31.3 Å². The molecule has 1 fully saturated rings. The van der Waals surface area contributed by atoms with Gasteiger partial charge in [-0.05, 0) is 36.4 Å². The molecule has 1 aliphatic rings. The van der Waals surface area contributed by atoms with Crippen molar-refractivity contribution in [3.63, 3.8) is 0 Å². The van der Waals surface area contributed by atoms with Gasteiger partial charge in [0.15, 0.2) is 6.61 Å². The van der Waals surface area contributed by atoms with Crippen LogP contribution in [0.4, 0.5) is 0 Å². The third kappa shape index (κ3) is 4.92. The lowest BCUT2D eigenvalue weighted by molar-refractivity contribution is -0.127. The number of rotatable bonds is 8. The summed E-state index contributed by atoms with van der Waals surface area (Å²) in [6, 6.07) is 11.6. The highest BCUT2D eigenvalue weighted by atomic mass is 32.2. The zero-order valence-corrected chi connectivity index (χ0v) is 19.1. The van der Waals surface area contributed by atoms with Gasteiger partial charge in [-0.2, -0.15) is 4.31 Å². The molecule has 12 heteroatoms. The molecule has 1 saturated heterocycles. The van der Waals surface area contributed by atoms with Gasteiger partial charge < -0.3 is 19.6 Å². The monoisotopic (exact) mass is 475 g/mol. The Morgan fingerprint density at radius 2 is 1.97 bits per heavy atom. The minimum atomic E-state index is -3.69. The van der Waals surface area contributed by atoms with Crippen LogP contribution in [0, 0.1) is 0 Å². The maximum absolute atomic E-state index is 12.9. The van der Waals surface area contributed by atoms with Gasteiger partial charge in [0.25, 0.3) is 5.91 Å². The number of hydrogen-bond acceptors (Lipinski definition) is 8. The van der Waals surface area contributed by atoms with Gasteiger partial charge in [0, 0.05) is 18.7 Å². The minimum Gasteiger partial charge on any atom is -0.496 e. The highest BCUT2D eigenvalue weighted by Gasteiger charge is 2.27. The number of benzene rings is 2. The zero-order chi connectivity index (χ0) is 23.4. The summed E-state index contributed by atoms with van der Waals surface area (Å²) >= 11 is 0. The summed E-state index contributed by atoms with van der Waals surface area (Å²) in [5.41, 5.74) is 1.62. The Balaban J connectivity index is 1.45. The van der Waals surface area contributed by atoms with E-state index in [9.17, 15) is 13.2 Å². The van der Waals surface area contributed by atoms with Crippen molar-refractivity contribution in [3.8, 4) is 5.75 Å². The van der Waals surface area contributed by atoms with Crippen molar-refractivity contribution in [2.24, 2.45) is 0 Å². The van der Waals surface area contributed by atoms with Crippen molar-refractivity contribution in [3.05, 3.63) is 48.0 Å². The maximum Gasteiger partial charge on any atom is 0.261 e. The largest absolute Gasteiger partial charge is 0.496 e. The normalized spacial score (nSPS) is 15.8. The van der Waals surface area contributed by atoms with E-state index in [0.29, 0.717) is 43.1 Å². The van der Waals surface area contributed by atoms with E-state index < -0.39 is 10.0 Å². The van der Waals surface area contributed by atoms with E-state index in [1.165, 1.54) is 16.4 Å². The number of carbonyl (C=O) groups is 1. The molecule has 2 aromatic carbocycles. The van der Waals surface area contributed by atoms with Crippen LogP contribution in [0.5, 0.6) is 5.75 Å². The lowest BCUT2D eigenvalue weighted by Crippen LogP contribution is -2.40. The second-order valence-electron chi connectivity index (χ2n) is 7.43. The predicted octanol–water partition coefficient (Wildman–Crippen LogP) is 0.767. The van der Waals surface area contributed by atoms with Crippen LogP contribution in [0.25, 0.3) is 11.0 Å². The van der Waals surface area contributed by atoms with Crippen molar-refractivity contribution in [2.45, 2.75) is 17.9 Å². The highest BCUT2D eigenvalue weighted by Crippen LogP contribution is 2.24. The van der Waals surface area contributed by atoms with E-state index in [2.05, 4.69) is 15.6 Å². The van der Waals surface area contributed by atoms with Gasteiger partial charge in [-0.15, -0.1) is 5.10 Å². The average Bonchev–Trinajstić information content (AvgIpc) is 3.25. The van der Waals surface area contributed by atoms with E-state index in [1.807, 2.05) is 31.2 Å². The van der Waals surface area contributed by atoms with E-state index in [-0.39, 0.29) is 23.5 Å². The van der Waals surface area contributed by atoms with Gasteiger partial charge in [-0.1, -0.05) is 23.0 Å². The molecule has 0 radical (unpaired) electrons. The molecule has 1 amide bonds. The Morgan fingerprint density at radius 1 is 1.21 bits per heavy atom. The number of nitrogens with one attached hydrogen (secondary N) is 1. The van der Waals surface area contributed by atoms with E-state index in [0.717, 1.165) is 10.4 Å². The number of morpholine rings is 1. The lowest BCUT2D eigenvalue weighted by atomic mass is 10.1. The first kappa shape index (κ1) is 23.0. The number of hydrogen-bond donors (Lipinski definition) is 1. The number of methoxy groups -OCH3 is 1. The molecular weight excluding hydrogens is 450 g/mol. The molecular formula is C21H25N5O6S. The summed E-state index contributed by atoms with van der Waals surface area (Å²) in [7, 11) is -2.13. The third-order valence-electron chi connectivity index (χ3n) is 5.30. The van der Waals surface area contributed by atoms with Gasteiger partial charge >= 0.3 is 0 Å². The summed E-state index contributed by atoms with van der Waals surface area (Å²) < 4.78 is 37.8. The Hall–Kier alpha value is -3.22. The zero-order valence-electron chi connectivity index (χ0n) is 18.3. The Morgan fingerprint density at radius 3 is 2.73 bits per heavy atom. The molecule has 0 bridgehead atoms. The lowest BCUT2D eigenvalue weighted by Gasteiger charge is -2.26. The third-order valence-corrected chi connectivity index (χ3v) is 7.19. The number of aromatic nitrogens is 3. The summed E-state index contributed by atoms with van der Waals surface area (Å²) in [5, 5.41) is 10.7. The minimum absolute atomic E-state index is 0.0956. The first-order chi connectivity index (χ1) is 15.9. The molecule has 4 rings (SSSR count). The number of fused-ring (bicyclic) bond motifs is 1. The molecule has 1 N–H and O–H groups in total. The molecule has 0 spiro atoms. The molecule has 33 heavy (non-hydrogen) atoms. The van der Waals surface area contributed by atoms with Crippen LogP contribution >= 0.6 is 0 Å². The highest BCUT2D eigenvalue weighted by molar-refractivity contribution is 7.89. The standard InChI is InChI=1S/C21H25N5O6S/c1-15(17-5-3-4-6-20(17)30-2)22-21(27)14-32-26-19-13-16(7-8-18(19)23-24-26)33(28,29)25-9-11-31-12-10-25/h3-8,13,15H,9-12,14H2,1-2H3,(H,22,27). The number of ether oxygens (including phenoxy) is 2. The molecule has 11 nitrogen and oxygen atoms in total. The van der Waals surface area contributed by atoms with Crippen LogP contribution in [-0.2, 0) is 19.6 Å². The average molecular weight is 476 g/mol. The van der Waals surface area contributed by atoms with E-state index in [4.69, 9.17) is 14.3 Å². The Labute approximate surface area is 191 Å². The first-order valence-corrected chi connectivity index (χ1v) is 11.8. The van der Waals surface area contributed by atoms with Crippen molar-refractivity contribution >= 4 is 27.0 Å². The number of nitrogens with zero attached hydrogens (tertiary/aromatic N) is 4. The SMILES string of the molecule is COc1ccccc1C(C)NC(=O)COn1nnc2ccc(S(=O)(=O)N3CCOCC3)cc21. The van der Waals surface area contributed by atoms with Gasteiger partial charge in [-0.25, -0.2) is 8.42 Å². The number of sulfonamides is 1. The number of para-hydroxylation sites is 1. The Kier molecular flexibility index (Phi) is 6.77. The number of carbonyl (C=O) groups excluding carboxylic acids is 1. The first-order valence-electron chi connectivity index (χ1n) is 10.4. The van der Waals surface area contributed by atoms with Gasteiger partial charge in [0.1, 0.15) is 16.8 Å². The second kappa shape index (κ2) is 9.73. The van der Waals surface area contributed by atoms with Crippen LogP contribution < -0.4 is 14.9 Å².